The number of nitriles is 1. The van der Waals surface area contributed by atoms with E-state index in [1.807, 2.05) is 0 Å². The van der Waals surface area contributed by atoms with Crippen molar-refractivity contribution in [2.75, 3.05) is 6.54 Å². The average molecular weight is 329 g/mol. The molecule has 1 aromatic rings. The molecule has 1 amide bonds. The lowest BCUT2D eigenvalue weighted by Crippen LogP contribution is -2.60. The first-order valence-electron chi connectivity index (χ1n) is 7.90. The molecule has 1 fully saturated rings. The van der Waals surface area contributed by atoms with E-state index in [1.54, 1.807) is 45.0 Å². The standard InChI is InChI=1S/C18H22N2O4/c1-17(2,3)24-16(23)20-10-6-9-18(20,15(21)22)11-13-7-4-5-8-14(13)12-19/h4-5,7-8H,6,9-11H2,1-3H3,(H,21,22)/p-1/t18-/m1/s1. The normalized spacial score (nSPS) is 20.5. The molecule has 1 saturated heterocycles. The Labute approximate surface area is 141 Å². The van der Waals surface area contributed by atoms with E-state index in [0.717, 1.165) is 0 Å². The largest absolute Gasteiger partial charge is 0.548 e. The Balaban J connectivity index is 2.38. The summed E-state index contributed by atoms with van der Waals surface area (Å²) in [6.07, 6.45) is 0.174. The number of aliphatic carboxylic acids is 1. The third-order valence-corrected chi connectivity index (χ3v) is 4.10. The van der Waals surface area contributed by atoms with Crippen LogP contribution in [0.1, 0.15) is 44.7 Å². The lowest BCUT2D eigenvalue weighted by molar-refractivity contribution is -0.317. The number of carboxylic acids is 1. The van der Waals surface area contributed by atoms with E-state index in [9.17, 15) is 20.0 Å². The second-order valence-corrected chi connectivity index (χ2v) is 7.00. The maximum absolute atomic E-state index is 12.5. The van der Waals surface area contributed by atoms with Crippen LogP contribution < -0.4 is 5.11 Å². The summed E-state index contributed by atoms with van der Waals surface area (Å²) in [4.78, 5) is 25.7. The third kappa shape index (κ3) is 3.51. The van der Waals surface area contributed by atoms with E-state index in [-0.39, 0.29) is 19.4 Å². The van der Waals surface area contributed by atoms with Gasteiger partial charge in [0, 0.05) is 13.0 Å². The topological polar surface area (TPSA) is 93.5 Å². The highest BCUT2D eigenvalue weighted by Crippen LogP contribution is 2.34. The van der Waals surface area contributed by atoms with Crippen LogP contribution >= 0.6 is 0 Å². The molecule has 6 heteroatoms. The maximum Gasteiger partial charge on any atom is 0.411 e. The molecule has 6 nitrogen and oxygen atoms in total. The van der Waals surface area contributed by atoms with E-state index in [4.69, 9.17) is 4.74 Å². The van der Waals surface area contributed by atoms with Gasteiger partial charge in [0.15, 0.2) is 0 Å². The van der Waals surface area contributed by atoms with Gasteiger partial charge in [-0.05, 0) is 45.2 Å². The second kappa shape index (κ2) is 6.52. The molecule has 128 valence electrons. The summed E-state index contributed by atoms with van der Waals surface area (Å²) >= 11 is 0. The fourth-order valence-electron chi connectivity index (χ4n) is 3.03. The number of nitrogens with zero attached hydrogens (tertiary/aromatic N) is 2. The minimum Gasteiger partial charge on any atom is -0.548 e. The molecule has 0 bridgehead atoms. The molecule has 0 radical (unpaired) electrons. The van der Waals surface area contributed by atoms with Gasteiger partial charge in [0.2, 0.25) is 0 Å². The summed E-state index contributed by atoms with van der Waals surface area (Å²) in [6, 6.07) is 8.85. The molecule has 0 aromatic heterocycles. The Morgan fingerprint density at radius 2 is 2.04 bits per heavy atom. The van der Waals surface area contributed by atoms with Gasteiger partial charge in [0.25, 0.3) is 0 Å². The molecule has 1 atom stereocenters. The molecule has 1 heterocycles. The Bertz CT molecular complexity index is 687. The van der Waals surface area contributed by atoms with Gasteiger partial charge in [-0.3, -0.25) is 4.90 Å². The van der Waals surface area contributed by atoms with Gasteiger partial charge in [-0.2, -0.15) is 5.26 Å². The zero-order valence-electron chi connectivity index (χ0n) is 14.2. The smallest absolute Gasteiger partial charge is 0.411 e. The van der Waals surface area contributed by atoms with Crippen LogP contribution in [-0.2, 0) is 16.0 Å². The minimum atomic E-state index is -1.49. The number of benzene rings is 1. The van der Waals surface area contributed by atoms with E-state index < -0.39 is 23.2 Å². The average Bonchev–Trinajstić information content (AvgIpc) is 2.91. The molecule has 1 aliphatic heterocycles. The van der Waals surface area contributed by atoms with Crippen molar-refractivity contribution in [3.63, 3.8) is 0 Å². The van der Waals surface area contributed by atoms with Gasteiger partial charge >= 0.3 is 6.09 Å². The molecule has 2 rings (SSSR count). The number of carbonyl (C=O) groups excluding carboxylic acids is 2. The van der Waals surface area contributed by atoms with Crippen LogP contribution in [0, 0.1) is 11.3 Å². The fourth-order valence-corrected chi connectivity index (χ4v) is 3.03. The summed E-state index contributed by atoms with van der Waals surface area (Å²) in [5, 5.41) is 21.2. The number of carboxylic acid groups (broad SMARTS) is 1. The Morgan fingerprint density at radius 1 is 1.38 bits per heavy atom. The summed E-state index contributed by atoms with van der Waals surface area (Å²) in [5.74, 6) is -1.32. The molecule has 0 spiro atoms. The summed E-state index contributed by atoms with van der Waals surface area (Å²) in [7, 11) is 0. The predicted octanol–water partition coefficient (Wildman–Crippen LogP) is 1.62. The highest BCUT2D eigenvalue weighted by Gasteiger charge is 2.46. The van der Waals surface area contributed by atoms with Crippen LogP contribution in [0.4, 0.5) is 4.79 Å². The van der Waals surface area contributed by atoms with Crippen molar-refractivity contribution in [3.05, 3.63) is 35.4 Å². The number of rotatable bonds is 3. The number of hydrogen-bond donors (Lipinski definition) is 0. The van der Waals surface area contributed by atoms with Gasteiger partial charge in [0.1, 0.15) is 5.60 Å². The van der Waals surface area contributed by atoms with Crippen LogP contribution in [0.25, 0.3) is 0 Å². The molecule has 1 aromatic carbocycles. The third-order valence-electron chi connectivity index (χ3n) is 4.10. The quantitative estimate of drug-likeness (QED) is 0.840. The van der Waals surface area contributed by atoms with Crippen LogP contribution in [0.3, 0.4) is 0 Å². The molecule has 0 unspecified atom stereocenters. The second-order valence-electron chi connectivity index (χ2n) is 7.00. The highest BCUT2D eigenvalue weighted by molar-refractivity contribution is 5.84. The number of amides is 1. The summed E-state index contributed by atoms with van der Waals surface area (Å²) in [5.41, 5.74) is -1.23. The van der Waals surface area contributed by atoms with Crippen LogP contribution in [0.15, 0.2) is 24.3 Å². The lowest BCUT2D eigenvalue weighted by Gasteiger charge is -2.40. The van der Waals surface area contributed by atoms with Crippen molar-refractivity contribution in [2.45, 2.75) is 51.2 Å². The minimum absolute atomic E-state index is 0.0261. The SMILES string of the molecule is CC(C)(C)OC(=O)N1CCC[C@@]1(Cc1ccccc1C#N)C(=O)[O-]. The Morgan fingerprint density at radius 3 is 2.62 bits per heavy atom. The van der Waals surface area contributed by atoms with E-state index in [0.29, 0.717) is 17.5 Å². The zero-order chi connectivity index (χ0) is 18.0. The van der Waals surface area contributed by atoms with Crippen LogP contribution in [0.5, 0.6) is 0 Å². The number of carbonyl (C=O) groups is 2. The van der Waals surface area contributed by atoms with Crippen LogP contribution in [0.2, 0.25) is 0 Å². The Hall–Kier alpha value is -2.55. The first-order chi connectivity index (χ1) is 11.2. The van der Waals surface area contributed by atoms with Crippen LogP contribution in [-0.4, -0.2) is 34.6 Å². The molecule has 0 aliphatic carbocycles. The van der Waals surface area contributed by atoms with Crippen molar-refractivity contribution >= 4 is 12.1 Å². The van der Waals surface area contributed by atoms with Gasteiger partial charge in [-0.25, -0.2) is 4.79 Å². The molecular weight excluding hydrogens is 308 g/mol. The molecule has 24 heavy (non-hydrogen) atoms. The van der Waals surface area contributed by atoms with Gasteiger partial charge in [0.05, 0.1) is 23.1 Å². The molecule has 1 aliphatic rings. The van der Waals surface area contributed by atoms with Crippen molar-refractivity contribution in [3.8, 4) is 6.07 Å². The van der Waals surface area contributed by atoms with Crippen molar-refractivity contribution in [1.29, 1.82) is 5.26 Å². The highest BCUT2D eigenvalue weighted by atomic mass is 16.6. The number of likely N-dealkylation sites (tertiary alicyclic amines) is 1. The number of ether oxygens (including phenoxy) is 1. The van der Waals surface area contributed by atoms with E-state index in [2.05, 4.69) is 6.07 Å². The fraction of sp³-hybridized carbons (Fsp3) is 0.500. The van der Waals surface area contributed by atoms with Crippen molar-refractivity contribution < 1.29 is 19.4 Å². The lowest BCUT2D eigenvalue weighted by atomic mass is 9.86. The summed E-state index contributed by atoms with van der Waals surface area (Å²) in [6.45, 7) is 5.48. The van der Waals surface area contributed by atoms with Crippen molar-refractivity contribution in [1.82, 2.24) is 4.90 Å². The Kier molecular flexibility index (Phi) is 4.83. The van der Waals surface area contributed by atoms with Gasteiger partial charge in [-0.1, -0.05) is 18.2 Å². The van der Waals surface area contributed by atoms with Gasteiger partial charge in [-0.15, -0.1) is 0 Å². The monoisotopic (exact) mass is 329 g/mol. The van der Waals surface area contributed by atoms with E-state index >= 15 is 0 Å². The first-order valence-corrected chi connectivity index (χ1v) is 7.90. The predicted molar refractivity (Wildman–Crippen MR) is 84.8 cm³/mol. The van der Waals surface area contributed by atoms with Crippen molar-refractivity contribution in [2.24, 2.45) is 0 Å². The summed E-state index contributed by atoms with van der Waals surface area (Å²) < 4.78 is 5.35. The van der Waals surface area contributed by atoms with E-state index in [1.165, 1.54) is 4.90 Å². The molecule has 0 N–H and O–H groups in total. The molecular formula is C18H21N2O4-. The molecule has 0 saturated carbocycles. The maximum atomic E-state index is 12.5. The first kappa shape index (κ1) is 17.8. The van der Waals surface area contributed by atoms with Gasteiger partial charge < -0.3 is 14.6 Å². The number of hydrogen-bond acceptors (Lipinski definition) is 5. The zero-order valence-corrected chi connectivity index (χ0v) is 14.2.